The maximum atomic E-state index is 14.3. The van der Waals surface area contributed by atoms with Crippen LogP contribution in [-0.2, 0) is 105 Å². The first kappa shape index (κ1) is 127. The van der Waals surface area contributed by atoms with Crippen molar-refractivity contribution in [1.82, 2.24) is 79.3 Å². The number of hydrogen-bond donors (Lipinski definition) is 14. The van der Waals surface area contributed by atoms with E-state index in [-0.39, 0.29) is 282 Å². The van der Waals surface area contributed by atoms with Gasteiger partial charge in [-0.2, -0.15) is 0 Å². The van der Waals surface area contributed by atoms with Gasteiger partial charge >= 0.3 is 0 Å². The third-order valence-corrected chi connectivity index (χ3v) is 29.2. The average molecular weight is 2090 g/mol. The lowest BCUT2D eigenvalue weighted by Gasteiger charge is -2.44. The minimum Gasteiger partial charge on any atom is -0.492 e. The Balaban J connectivity index is 1.07. The predicted octanol–water partition coefficient (Wildman–Crippen LogP) is 8.75. The highest BCUT2D eigenvalue weighted by Crippen LogP contribution is 2.38. The van der Waals surface area contributed by atoms with E-state index < -0.39 is 72.7 Å². The van der Waals surface area contributed by atoms with Gasteiger partial charge in [0.25, 0.3) is 23.6 Å². The Kier molecular flexibility index (Phi) is 60.3. The number of nitrogens with one attached hydrogen (secondary N) is 14. The van der Waals surface area contributed by atoms with E-state index in [0.717, 1.165) is 69.1 Å². The second kappa shape index (κ2) is 70.3. The fraction of sp³-hybridized carbons (Fsp3) is 0.778. The summed E-state index contributed by atoms with van der Waals surface area (Å²) in [5.74, 6) is -4.05. The number of imide groups is 1. The first-order valence-corrected chi connectivity index (χ1v) is 55.1. The SMILES string of the molecule is CCC1OC(OCCCCC(=O)NCCCCC(NC(=O)CCCCOC2OC(CC)C(C)C(C)C2NC(C)=O)C(=O)NCCNC(=O)c2cc(OCCNC(=O)CCCCCCCCCCC(=O)NCCN3C(=O)C=CC3=O)cc(C(=O)NCCNC(=O)[C@H](CCCCNC(=O)CCCCOC3OC(CC)C(C)C(C)C3NC(C)=O)NC(=O)CCCCOC3OC(CC)C(C)C(C)C3NC(C)=O)c2)C(NC(C)=O)C(C)C1C. The number of carbonyl (C=O) groups excluding carboxylic acids is 16. The maximum Gasteiger partial charge on any atom is 0.253 e. The largest absolute Gasteiger partial charge is 0.492 e. The van der Waals surface area contributed by atoms with Gasteiger partial charge in [-0.25, -0.2) is 0 Å². The van der Waals surface area contributed by atoms with Gasteiger partial charge < -0.3 is 117 Å². The summed E-state index contributed by atoms with van der Waals surface area (Å²) in [6.45, 7) is 32.4. The number of amides is 16. The lowest BCUT2D eigenvalue weighted by molar-refractivity contribution is -0.236. The van der Waals surface area contributed by atoms with Crippen molar-refractivity contribution in [2.75, 3.05) is 91.9 Å². The van der Waals surface area contributed by atoms with Crippen LogP contribution in [0.2, 0.25) is 0 Å². The van der Waals surface area contributed by atoms with E-state index in [4.69, 9.17) is 42.6 Å². The molecule has 5 aliphatic rings. The Morgan fingerprint density at radius 3 is 0.885 bits per heavy atom. The second-order valence-electron chi connectivity index (χ2n) is 40.7. The number of nitrogens with zero attached hydrogens (tertiary/aromatic N) is 1. The van der Waals surface area contributed by atoms with Gasteiger partial charge in [-0.1, -0.05) is 122 Å². The number of ether oxygens (including phenoxy) is 9. The number of carbonyl (C=O) groups is 16. The number of hydrogen-bond acceptors (Lipinski definition) is 25. The molecule has 0 bridgehead atoms. The molecule has 0 radical (unpaired) electrons. The summed E-state index contributed by atoms with van der Waals surface area (Å²) >= 11 is 0. The van der Waals surface area contributed by atoms with Crippen molar-refractivity contribution in [1.29, 1.82) is 0 Å². The summed E-state index contributed by atoms with van der Waals surface area (Å²) in [5.41, 5.74) is -0.0134. The highest BCUT2D eigenvalue weighted by Gasteiger charge is 2.47. The van der Waals surface area contributed by atoms with Gasteiger partial charge in [0.15, 0.2) is 25.2 Å². The normalized spacial score (nSPS) is 24.6. The molecule has 4 saturated heterocycles. The van der Waals surface area contributed by atoms with Gasteiger partial charge in [-0.15, -0.1) is 0 Å². The predicted molar refractivity (Wildman–Crippen MR) is 557 cm³/mol. The standard InChI is InChI=1S/C108H181N15O25/c1-17-85-68(5)72(9)97(117-76(13)124)105(145-85)141-60-37-31-45-89(128)109-51-35-29-41-83(121-93(132)47-33-39-62-143-107-99(119-78(15)126)74(11)70(7)87(19-3)147-107)103(138)115-55-53-113-101(136)80-65-81(67-82(66-80)140-64-58-112-92(131)44-28-26-24-22-21-23-25-27-43-91(130)111-57-59-123-95(134)49-50-96(123)135)102(137)114-54-56-116-104(139)84(122-94(133)48-34-40-63-144-108-100(120-79(16)127)75(12)71(8)88(20-4)148-108)42-30-36-52-110-90(129)46-32-38-61-142-106-98(118-77(14)125)73(10)69(6)86(18-2)146-106/h49-50,65-75,83-88,97-100,105-108H,17-48,51-64H2,1-16H3,(H,109,128)(H,110,129)(H,111,130)(H,112,131)(H,113,136)(H,114,137)(H,115,138)(H,116,139)(H,117,124)(H,118,125)(H,119,126)(H,120,127)(H,121,132)(H,122,133)/t68?,69?,70?,71?,72?,73?,74?,75?,83-,84?,85?,86?,87?,88?,97?,98?,99?,100?,105?,106?,107?,108?/m0/s1. The zero-order valence-electron chi connectivity index (χ0n) is 91.3. The summed E-state index contributed by atoms with van der Waals surface area (Å²) in [6.07, 6.45) is 17.0. The Morgan fingerprint density at radius 2 is 0.581 bits per heavy atom. The Hall–Kier alpha value is -9.84. The number of benzene rings is 1. The third-order valence-electron chi connectivity index (χ3n) is 29.2. The van der Waals surface area contributed by atoms with Crippen molar-refractivity contribution in [3.8, 4) is 5.75 Å². The molecule has 40 heteroatoms. The molecule has 1 aromatic carbocycles. The molecule has 0 aromatic heterocycles. The molecular formula is C108H181N15O25. The molecule has 1 aromatic rings. The minimum atomic E-state index is -1.02. The van der Waals surface area contributed by atoms with E-state index in [1.54, 1.807) is 0 Å². The van der Waals surface area contributed by atoms with Crippen molar-refractivity contribution < 1.29 is 119 Å². The number of unbranched alkanes of at least 4 members (excludes halogenated alkanes) is 13. The van der Waals surface area contributed by atoms with E-state index in [0.29, 0.717) is 123 Å². The molecule has 0 saturated carbocycles. The van der Waals surface area contributed by atoms with Crippen molar-refractivity contribution in [3.05, 3.63) is 41.5 Å². The van der Waals surface area contributed by atoms with E-state index in [1.807, 2.05) is 13.8 Å². The van der Waals surface area contributed by atoms with Crippen LogP contribution >= 0.6 is 0 Å². The molecule has 16 amide bonds. The van der Waals surface area contributed by atoms with Crippen LogP contribution in [0.15, 0.2) is 30.4 Å². The Bertz CT molecular complexity index is 4090. The van der Waals surface area contributed by atoms with Crippen LogP contribution in [0.1, 0.15) is 337 Å². The van der Waals surface area contributed by atoms with E-state index in [1.165, 1.54) is 58.0 Å². The maximum absolute atomic E-state index is 14.3. The summed E-state index contributed by atoms with van der Waals surface area (Å²) in [6, 6.07) is 0.807. The van der Waals surface area contributed by atoms with Crippen LogP contribution < -0.4 is 79.2 Å². The Labute approximate surface area is 877 Å². The monoisotopic (exact) mass is 2090 g/mol. The minimum absolute atomic E-state index is 0.00669. The summed E-state index contributed by atoms with van der Waals surface area (Å²) < 4.78 is 56.1. The lowest BCUT2D eigenvalue weighted by Crippen LogP contribution is -2.57. The van der Waals surface area contributed by atoms with E-state index in [9.17, 15) is 76.7 Å². The van der Waals surface area contributed by atoms with Crippen LogP contribution in [0.25, 0.3) is 0 Å². The van der Waals surface area contributed by atoms with Crippen LogP contribution in [0, 0.1) is 47.3 Å². The first-order chi connectivity index (χ1) is 70.9. The van der Waals surface area contributed by atoms with Crippen molar-refractivity contribution in [2.45, 2.75) is 402 Å². The highest BCUT2D eigenvalue weighted by molar-refractivity contribution is 6.13. The molecule has 22 atom stereocenters. The molecule has 6 rings (SSSR count). The van der Waals surface area contributed by atoms with Gasteiger partial charge in [0.05, 0.1) is 55.1 Å². The first-order valence-electron chi connectivity index (χ1n) is 55.1. The summed E-state index contributed by atoms with van der Waals surface area (Å²) in [7, 11) is 0. The fourth-order valence-electron chi connectivity index (χ4n) is 19.6. The Morgan fingerprint density at radius 1 is 0.304 bits per heavy atom. The molecular weight excluding hydrogens is 1910 g/mol. The average Bonchev–Trinajstić information content (AvgIpc) is 1.01. The lowest BCUT2D eigenvalue weighted by atomic mass is 9.81. The van der Waals surface area contributed by atoms with Gasteiger partial charge in [0.2, 0.25) is 70.9 Å². The zero-order chi connectivity index (χ0) is 109. The molecule has 0 aliphatic carbocycles. The molecule has 5 heterocycles. The number of rotatable bonds is 72. The topological polar surface area (TPSA) is 528 Å². The fourth-order valence-corrected chi connectivity index (χ4v) is 19.6. The summed E-state index contributed by atoms with van der Waals surface area (Å²) in [5, 5.41) is 40.7. The van der Waals surface area contributed by atoms with Crippen LogP contribution in [-0.4, -0.2) is 277 Å². The van der Waals surface area contributed by atoms with Crippen molar-refractivity contribution >= 4 is 94.5 Å². The molecule has 40 nitrogen and oxygen atoms in total. The smallest absolute Gasteiger partial charge is 0.253 e. The third kappa shape index (κ3) is 46.6. The summed E-state index contributed by atoms with van der Waals surface area (Å²) in [4.78, 5) is 210. The molecule has 838 valence electrons. The zero-order valence-corrected chi connectivity index (χ0v) is 91.3. The molecule has 14 N–H and O–H groups in total. The van der Waals surface area contributed by atoms with Crippen LogP contribution in [0.3, 0.4) is 0 Å². The van der Waals surface area contributed by atoms with Crippen molar-refractivity contribution in [2.24, 2.45) is 47.3 Å². The quantitative estimate of drug-likeness (QED) is 0.0214. The van der Waals surface area contributed by atoms with Crippen LogP contribution in [0.4, 0.5) is 0 Å². The molecule has 0 spiro atoms. The molecule has 5 aliphatic heterocycles. The van der Waals surface area contributed by atoms with Crippen LogP contribution in [0.5, 0.6) is 5.75 Å². The van der Waals surface area contributed by atoms with Gasteiger partial charge in [-0.05, 0) is 194 Å². The molecule has 21 unspecified atom stereocenters. The second-order valence-corrected chi connectivity index (χ2v) is 40.7. The van der Waals surface area contributed by atoms with Gasteiger partial charge in [0, 0.05) is 168 Å². The van der Waals surface area contributed by atoms with Gasteiger partial charge in [0.1, 0.15) is 24.4 Å². The van der Waals surface area contributed by atoms with E-state index >= 15 is 0 Å². The van der Waals surface area contributed by atoms with Crippen molar-refractivity contribution in [3.63, 3.8) is 0 Å². The molecule has 148 heavy (non-hydrogen) atoms. The van der Waals surface area contributed by atoms with E-state index in [2.05, 4.69) is 144 Å². The van der Waals surface area contributed by atoms with Gasteiger partial charge in [-0.3, -0.25) is 81.6 Å². The highest BCUT2D eigenvalue weighted by atomic mass is 16.7. The molecule has 4 fully saturated rings.